The van der Waals surface area contributed by atoms with Crippen molar-refractivity contribution in [3.63, 3.8) is 0 Å². The van der Waals surface area contributed by atoms with Gasteiger partial charge < -0.3 is 10.2 Å². The zero-order chi connectivity index (χ0) is 24.6. The molecular formula is C27H42N4O2. The lowest BCUT2D eigenvalue weighted by atomic mass is 9.92. The van der Waals surface area contributed by atoms with Crippen molar-refractivity contribution in [2.75, 3.05) is 18.4 Å². The van der Waals surface area contributed by atoms with Crippen LogP contribution in [-0.4, -0.2) is 39.6 Å². The number of hydrogen-bond donors (Lipinski definition) is 1. The molecule has 0 saturated carbocycles. The van der Waals surface area contributed by atoms with E-state index in [0.29, 0.717) is 12.4 Å². The standard InChI is InChI=1S/C27H42N4O2/c1-8-10-14-21(9-2)26(33)30(18-20(3)4)19-25(32)28-24-17-23(27(5,6)7)29-31(24)22-15-12-11-13-16-22/h11-13,15-17,20-21H,8-10,14,18-19H2,1-7H3,(H,28,32). The van der Waals surface area contributed by atoms with Crippen LogP contribution < -0.4 is 5.32 Å². The summed E-state index contributed by atoms with van der Waals surface area (Å²) in [4.78, 5) is 28.1. The second kappa shape index (κ2) is 12.0. The van der Waals surface area contributed by atoms with Crippen LogP contribution in [0.5, 0.6) is 0 Å². The van der Waals surface area contributed by atoms with Gasteiger partial charge in [-0.1, -0.05) is 79.5 Å². The molecule has 182 valence electrons. The van der Waals surface area contributed by atoms with Gasteiger partial charge >= 0.3 is 0 Å². The minimum absolute atomic E-state index is 0.0289. The molecule has 0 bridgehead atoms. The average molecular weight is 455 g/mol. The van der Waals surface area contributed by atoms with Gasteiger partial charge in [-0.2, -0.15) is 5.10 Å². The maximum atomic E-state index is 13.3. The molecule has 0 spiro atoms. The van der Waals surface area contributed by atoms with Gasteiger partial charge in [0.05, 0.1) is 17.9 Å². The van der Waals surface area contributed by atoms with E-state index >= 15 is 0 Å². The summed E-state index contributed by atoms with van der Waals surface area (Å²) >= 11 is 0. The molecule has 1 aromatic carbocycles. The molecule has 1 aromatic heterocycles. The molecule has 0 aliphatic heterocycles. The predicted octanol–water partition coefficient (Wildman–Crippen LogP) is 5.81. The molecule has 2 aromatic rings. The third kappa shape index (κ3) is 7.72. The molecule has 0 aliphatic rings. The molecule has 0 fully saturated rings. The number of para-hydroxylation sites is 1. The number of rotatable bonds is 11. The lowest BCUT2D eigenvalue weighted by molar-refractivity contribution is -0.139. The minimum Gasteiger partial charge on any atom is -0.333 e. The SMILES string of the molecule is CCCCC(CC)C(=O)N(CC(=O)Nc1cc(C(C)(C)C)nn1-c1ccccc1)CC(C)C. The Morgan fingerprint density at radius 2 is 1.79 bits per heavy atom. The fraction of sp³-hybridized carbons (Fsp3) is 0.593. The summed E-state index contributed by atoms with van der Waals surface area (Å²) in [6.07, 6.45) is 3.76. The summed E-state index contributed by atoms with van der Waals surface area (Å²) in [5, 5.41) is 7.79. The molecule has 6 nitrogen and oxygen atoms in total. The van der Waals surface area contributed by atoms with Gasteiger partial charge in [0, 0.05) is 23.9 Å². The third-order valence-electron chi connectivity index (χ3n) is 5.73. The van der Waals surface area contributed by atoms with Gasteiger partial charge in [0.25, 0.3) is 0 Å². The first-order chi connectivity index (χ1) is 15.6. The molecular weight excluding hydrogens is 412 g/mol. The quantitative estimate of drug-likeness (QED) is 0.466. The maximum Gasteiger partial charge on any atom is 0.245 e. The van der Waals surface area contributed by atoms with Crippen molar-refractivity contribution in [2.24, 2.45) is 11.8 Å². The molecule has 1 atom stereocenters. The van der Waals surface area contributed by atoms with E-state index in [1.54, 1.807) is 9.58 Å². The first-order valence-corrected chi connectivity index (χ1v) is 12.3. The highest BCUT2D eigenvalue weighted by molar-refractivity contribution is 5.94. The lowest BCUT2D eigenvalue weighted by Crippen LogP contribution is -2.43. The fourth-order valence-electron chi connectivity index (χ4n) is 3.84. The molecule has 0 aliphatic carbocycles. The summed E-state index contributed by atoms with van der Waals surface area (Å²) in [7, 11) is 0. The van der Waals surface area contributed by atoms with Crippen molar-refractivity contribution in [1.29, 1.82) is 0 Å². The summed E-state index contributed by atoms with van der Waals surface area (Å²) in [6, 6.07) is 11.7. The Bertz CT molecular complexity index is 897. The van der Waals surface area contributed by atoms with Gasteiger partial charge in [0.2, 0.25) is 11.8 Å². The smallest absolute Gasteiger partial charge is 0.245 e. The zero-order valence-corrected chi connectivity index (χ0v) is 21.5. The number of amides is 2. The number of anilines is 1. The number of nitrogens with zero attached hydrogens (tertiary/aromatic N) is 3. The van der Waals surface area contributed by atoms with Gasteiger partial charge in [-0.15, -0.1) is 0 Å². The maximum absolute atomic E-state index is 13.3. The summed E-state index contributed by atoms with van der Waals surface area (Å²) in [5.41, 5.74) is 1.61. The van der Waals surface area contributed by atoms with Gasteiger partial charge in [-0.05, 0) is 30.9 Å². The van der Waals surface area contributed by atoms with Crippen molar-refractivity contribution in [2.45, 2.75) is 79.6 Å². The summed E-state index contributed by atoms with van der Waals surface area (Å²) in [6.45, 7) is 15.2. The molecule has 2 rings (SSSR count). The highest BCUT2D eigenvalue weighted by Gasteiger charge is 2.26. The van der Waals surface area contributed by atoms with Crippen LogP contribution in [0.4, 0.5) is 5.82 Å². The van der Waals surface area contributed by atoms with E-state index in [9.17, 15) is 9.59 Å². The molecule has 1 unspecified atom stereocenters. The predicted molar refractivity (Wildman–Crippen MR) is 136 cm³/mol. The fourth-order valence-corrected chi connectivity index (χ4v) is 3.84. The first-order valence-electron chi connectivity index (χ1n) is 12.3. The number of benzene rings is 1. The number of unbranched alkanes of at least 4 members (excludes halogenated alkanes) is 1. The van der Waals surface area contributed by atoms with E-state index in [0.717, 1.165) is 37.1 Å². The first kappa shape index (κ1) is 26.6. The van der Waals surface area contributed by atoms with Crippen LogP contribution in [0, 0.1) is 11.8 Å². The van der Waals surface area contributed by atoms with Crippen LogP contribution in [-0.2, 0) is 15.0 Å². The van der Waals surface area contributed by atoms with E-state index < -0.39 is 0 Å². The number of nitrogens with one attached hydrogen (secondary N) is 1. The molecule has 2 amide bonds. The topological polar surface area (TPSA) is 67.2 Å². The largest absolute Gasteiger partial charge is 0.333 e. The van der Waals surface area contributed by atoms with Gasteiger partial charge in [0.1, 0.15) is 5.82 Å². The van der Waals surface area contributed by atoms with Crippen molar-refractivity contribution >= 4 is 17.6 Å². The van der Waals surface area contributed by atoms with E-state index in [1.807, 2.05) is 36.4 Å². The summed E-state index contributed by atoms with van der Waals surface area (Å²) < 4.78 is 1.77. The number of carbonyl (C=O) groups excluding carboxylic acids is 2. The molecule has 1 N–H and O–H groups in total. The van der Waals surface area contributed by atoms with Crippen molar-refractivity contribution < 1.29 is 9.59 Å². The summed E-state index contributed by atoms with van der Waals surface area (Å²) in [5.74, 6) is 0.756. The Balaban J connectivity index is 2.26. The van der Waals surface area contributed by atoms with E-state index in [-0.39, 0.29) is 35.6 Å². The molecule has 6 heteroatoms. The monoisotopic (exact) mass is 454 g/mol. The van der Waals surface area contributed by atoms with Crippen LogP contribution in [0.1, 0.15) is 79.8 Å². The second-order valence-electron chi connectivity index (χ2n) is 10.3. The van der Waals surface area contributed by atoms with Gasteiger partial charge in [-0.3, -0.25) is 9.59 Å². The molecule has 0 saturated heterocycles. The lowest BCUT2D eigenvalue weighted by Gasteiger charge is -2.28. The van der Waals surface area contributed by atoms with Crippen LogP contribution in [0.15, 0.2) is 36.4 Å². The van der Waals surface area contributed by atoms with E-state index in [4.69, 9.17) is 5.10 Å². The third-order valence-corrected chi connectivity index (χ3v) is 5.73. The Kier molecular flexibility index (Phi) is 9.69. The van der Waals surface area contributed by atoms with Crippen molar-refractivity contribution in [3.05, 3.63) is 42.1 Å². The van der Waals surface area contributed by atoms with E-state index in [2.05, 4.69) is 53.8 Å². The van der Waals surface area contributed by atoms with Crippen LogP contribution in [0.3, 0.4) is 0 Å². The molecule has 0 radical (unpaired) electrons. The van der Waals surface area contributed by atoms with Crippen LogP contribution >= 0.6 is 0 Å². The van der Waals surface area contributed by atoms with Crippen molar-refractivity contribution in [1.82, 2.24) is 14.7 Å². The van der Waals surface area contributed by atoms with Crippen LogP contribution in [0.2, 0.25) is 0 Å². The highest BCUT2D eigenvalue weighted by Crippen LogP contribution is 2.26. The van der Waals surface area contributed by atoms with Gasteiger partial charge in [-0.25, -0.2) is 4.68 Å². The molecule has 1 heterocycles. The minimum atomic E-state index is -0.202. The number of aromatic nitrogens is 2. The normalized spacial score (nSPS) is 12.6. The zero-order valence-electron chi connectivity index (χ0n) is 21.5. The Labute approximate surface area is 199 Å². The highest BCUT2D eigenvalue weighted by atomic mass is 16.2. The number of hydrogen-bond acceptors (Lipinski definition) is 3. The number of carbonyl (C=O) groups is 2. The second-order valence-corrected chi connectivity index (χ2v) is 10.3. The molecule has 33 heavy (non-hydrogen) atoms. The Morgan fingerprint density at radius 1 is 1.12 bits per heavy atom. The van der Waals surface area contributed by atoms with Crippen LogP contribution in [0.25, 0.3) is 5.69 Å². The Hall–Kier alpha value is -2.63. The van der Waals surface area contributed by atoms with E-state index in [1.165, 1.54) is 0 Å². The Morgan fingerprint density at radius 3 is 2.33 bits per heavy atom. The van der Waals surface area contributed by atoms with Gasteiger partial charge in [0.15, 0.2) is 0 Å². The average Bonchev–Trinajstić information content (AvgIpc) is 3.18. The van der Waals surface area contributed by atoms with Crippen molar-refractivity contribution in [3.8, 4) is 5.69 Å².